The predicted octanol–water partition coefficient (Wildman–Crippen LogP) is 2.24. The van der Waals surface area contributed by atoms with Gasteiger partial charge < -0.3 is 15.2 Å². The van der Waals surface area contributed by atoms with E-state index in [0.29, 0.717) is 17.1 Å². The molecule has 0 aliphatic heterocycles. The Hall–Kier alpha value is -1.54. The summed E-state index contributed by atoms with van der Waals surface area (Å²) < 4.78 is 48.9. The number of ether oxygens (including phenoxy) is 3. The van der Waals surface area contributed by atoms with Crippen molar-refractivity contribution in [2.75, 3.05) is 20.3 Å². The number of hydrogen-bond donors (Lipinski definition) is 1. The molecule has 0 saturated carbocycles. The summed E-state index contributed by atoms with van der Waals surface area (Å²) in [5.74, 6) is 0.741. The van der Waals surface area contributed by atoms with Crippen molar-refractivity contribution in [3.05, 3.63) is 23.8 Å². The fourth-order valence-electron chi connectivity index (χ4n) is 1.23. The van der Waals surface area contributed by atoms with Crippen molar-refractivity contribution in [2.24, 2.45) is 5.73 Å². The summed E-state index contributed by atoms with van der Waals surface area (Å²) in [7, 11) is 1.44. The van der Waals surface area contributed by atoms with Crippen LogP contribution in [0.3, 0.4) is 0 Å². The molecule has 1 aromatic carbocycles. The van der Waals surface area contributed by atoms with Crippen molar-refractivity contribution >= 4 is 17.2 Å². The lowest BCUT2D eigenvalue weighted by molar-refractivity contribution is -0.325. The molecule has 2 N–H and O–H groups in total. The van der Waals surface area contributed by atoms with Crippen molar-refractivity contribution in [3.63, 3.8) is 0 Å². The smallest absolute Gasteiger partial charge is 0.497 e. The van der Waals surface area contributed by atoms with Crippen molar-refractivity contribution in [2.45, 2.75) is 6.36 Å². The lowest BCUT2D eigenvalue weighted by atomic mass is 10.2. The van der Waals surface area contributed by atoms with Crippen LogP contribution in [0.4, 0.5) is 13.2 Å². The van der Waals surface area contributed by atoms with Gasteiger partial charge in [0.05, 0.1) is 13.7 Å². The van der Waals surface area contributed by atoms with Crippen molar-refractivity contribution in [1.29, 1.82) is 0 Å². The first-order valence-electron chi connectivity index (χ1n) is 5.14. The number of nitrogens with two attached hydrogens (primary N) is 1. The normalized spacial score (nSPS) is 11.2. The molecule has 0 aliphatic carbocycles. The van der Waals surface area contributed by atoms with Gasteiger partial charge in [0.2, 0.25) is 0 Å². The zero-order valence-electron chi connectivity index (χ0n) is 9.99. The number of halogens is 3. The minimum atomic E-state index is -4.66. The van der Waals surface area contributed by atoms with Gasteiger partial charge in [-0.1, -0.05) is 12.2 Å². The molecule has 0 fully saturated rings. The van der Waals surface area contributed by atoms with E-state index >= 15 is 0 Å². The number of thiocarbonyl (C=S) groups is 1. The summed E-state index contributed by atoms with van der Waals surface area (Å²) in [6.45, 7) is -0.868. The van der Waals surface area contributed by atoms with Crippen molar-refractivity contribution < 1.29 is 27.4 Å². The second-order valence-corrected chi connectivity index (χ2v) is 3.84. The first kappa shape index (κ1) is 15.5. The second kappa shape index (κ2) is 6.58. The topological polar surface area (TPSA) is 53.7 Å². The monoisotopic (exact) mass is 295 g/mol. The Morgan fingerprint density at radius 1 is 1.21 bits per heavy atom. The third kappa shape index (κ3) is 5.75. The number of hydrogen-bond acceptors (Lipinski definition) is 4. The van der Waals surface area contributed by atoms with Crippen LogP contribution in [0, 0.1) is 0 Å². The molecular weight excluding hydrogens is 283 g/mol. The zero-order chi connectivity index (χ0) is 14.5. The van der Waals surface area contributed by atoms with E-state index in [2.05, 4.69) is 4.74 Å². The fourth-order valence-corrected chi connectivity index (χ4v) is 1.35. The largest absolute Gasteiger partial charge is 0.522 e. The molecule has 0 aromatic heterocycles. The average molecular weight is 295 g/mol. The first-order valence-corrected chi connectivity index (χ1v) is 5.55. The van der Waals surface area contributed by atoms with E-state index < -0.39 is 13.0 Å². The molecule has 0 spiro atoms. The van der Waals surface area contributed by atoms with Gasteiger partial charge in [0.1, 0.15) is 23.1 Å². The van der Waals surface area contributed by atoms with Gasteiger partial charge in [0.15, 0.2) is 0 Å². The highest BCUT2D eigenvalue weighted by Gasteiger charge is 2.28. The van der Waals surface area contributed by atoms with Gasteiger partial charge in [0.25, 0.3) is 0 Å². The summed E-state index contributed by atoms with van der Waals surface area (Å²) in [5, 5.41) is 0. The van der Waals surface area contributed by atoms with Gasteiger partial charge in [-0.25, -0.2) is 0 Å². The zero-order valence-corrected chi connectivity index (χ0v) is 10.8. The average Bonchev–Trinajstić information content (AvgIpc) is 2.33. The highest BCUT2D eigenvalue weighted by molar-refractivity contribution is 7.80. The quantitative estimate of drug-likeness (QED) is 0.644. The lowest BCUT2D eigenvalue weighted by Gasteiger charge is -2.11. The Bertz CT molecular complexity index is 451. The van der Waals surface area contributed by atoms with Crippen LogP contribution in [0.1, 0.15) is 5.56 Å². The molecule has 8 heteroatoms. The summed E-state index contributed by atoms with van der Waals surface area (Å²) >= 11 is 4.81. The Balaban J connectivity index is 2.62. The Morgan fingerprint density at radius 3 is 2.37 bits per heavy atom. The molecule has 0 radical (unpaired) electrons. The number of benzene rings is 1. The van der Waals surface area contributed by atoms with Gasteiger partial charge in [-0.3, -0.25) is 4.74 Å². The van der Waals surface area contributed by atoms with E-state index in [4.69, 9.17) is 27.4 Å². The highest BCUT2D eigenvalue weighted by atomic mass is 32.1. The molecule has 0 heterocycles. The molecule has 0 aliphatic rings. The van der Waals surface area contributed by atoms with Gasteiger partial charge in [-0.2, -0.15) is 0 Å². The molecule has 0 bridgehead atoms. The number of methoxy groups -OCH3 is 1. The Labute approximate surface area is 113 Å². The van der Waals surface area contributed by atoms with Crippen molar-refractivity contribution in [1.82, 2.24) is 0 Å². The van der Waals surface area contributed by atoms with Gasteiger partial charge in [-0.05, 0) is 12.1 Å². The predicted molar refractivity (Wildman–Crippen MR) is 66.4 cm³/mol. The van der Waals surface area contributed by atoms with Crippen LogP contribution in [0.25, 0.3) is 0 Å². The summed E-state index contributed by atoms with van der Waals surface area (Å²) in [5.41, 5.74) is 5.97. The van der Waals surface area contributed by atoms with Crippen LogP contribution in [0.2, 0.25) is 0 Å². The van der Waals surface area contributed by atoms with Crippen LogP contribution in [0.15, 0.2) is 18.2 Å². The molecule has 0 unspecified atom stereocenters. The third-order valence-corrected chi connectivity index (χ3v) is 2.25. The second-order valence-electron chi connectivity index (χ2n) is 3.40. The van der Waals surface area contributed by atoms with E-state index in [1.54, 1.807) is 6.07 Å². The highest BCUT2D eigenvalue weighted by Crippen LogP contribution is 2.23. The summed E-state index contributed by atoms with van der Waals surface area (Å²) in [6, 6.07) is 4.62. The van der Waals surface area contributed by atoms with Crippen LogP contribution in [-0.4, -0.2) is 31.7 Å². The van der Waals surface area contributed by atoms with Crippen LogP contribution >= 0.6 is 12.2 Å². The molecule has 4 nitrogen and oxygen atoms in total. The molecule has 0 saturated heterocycles. The van der Waals surface area contributed by atoms with Crippen LogP contribution in [-0.2, 0) is 4.74 Å². The van der Waals surface area contributed by atoms with E-state index in [-0.39, 0.29) is 11.6 Å². The lowest BCUT2D eigenvalue weighted by Crippen LogP contribution is -2.18. The van der Waals surface area contributed by atoms with Crippen LogP contribution < -0.4 is 15.2 Å². The number of alkyl halides is 3. The molecule has 106 valence electrons. The molecule has 19 heavy (non-hydrogen) atoms. The standard InChI is InChI=1S/C11H12F3NO3S/c1-16-8-4-7(10(15)19)5-9(6-8)17-2-3-18-11(12,13)14/h4-6H,2-3H2,1H3,(H2,15,19). The third-order valence-electron chi connectivity index (χ3n) is 2.02. The van der Waals surface area contributed by atoms with E-state index in [0.717, 1.165) is 0 Å². The Kier molecular flexibility index (Phi) is 5.37. The van der Waals surface area contributed by atoms with E-state index in [1.165, 1.54) is 19.2 Å². The maximum absolute atomic E-state index is 11.7. The van der Waals surface area contributed by atoms with Gasteiger partial charge in [-0.15, -0.1) is 13.2 Å². The van der Waals surface area contributed by atoms with E-state index in [1.807, 2.05) is 0 Å². The van der Waals surface area contributed by atoms with Gasteiger partial charge in [0, 0.05) is 11.6 Å². The first-order chi connectivity index (χ1) is 8.81. The van der Waals surface area contributed by atoms with Crippen molar-refractivity contribution in [3.8, 4) is 11.5 Å². The minimum absolute atomic E-state index is 0.135. The van der Waals surface area contributed by atoms with E-state index in [9.17, 15) is 13.2 Å². The fraction of sp³-hybridized carbons (Fsp3) is 0.364. The summed E-state index contributed by atoms with van der Waals surface area (Å²) in [4.78, 5) is 0.135. The van der Waals surface area contributed by atoms with Gasteiger partial charge >= 0.3 is 6.36 Å². The maximum Gasteiger partial charge on any atom is 0.522 e. The summed E-state index contributed by atoms with van der Waals surface area (Å²) in [6.07, 6.45) is -4.66. The molecule has 0 amide bonds. The number of rotatable bonds is 6. The minimum Gasteiger partial charge on any atom is -0.497 e. The molecule has 1 aromatic rings. The Morgan fingerprint density at radius 2 is 1.84 bits per heavy atom. The molecular formula is C11H12F3NO3S. The molecule has 1 rings (SSSR count). The molecule has 0 atom stereocenters. The SMILES string of the molecule is COc1cc(OCCOC(F)(F)F)cc(C(N)=S)c1. The van der Waals surface area contributed by atoms with Crippen LogP contribution in [0.5, 0.6) is 11.5 Å². The maximum atomic E-state index is 11.7.